The highest BCUT2D eigenvalue weighted by Gasteiger charge is 2.43. The van der Waals surface area contributed by atoms with E-state index in [0.717, 1.165) is 24.9 Å². The van der Waals surface area contributed by atoms with E-state index in [1.54, 1.807) is 0 Å². The molecule has 3 heterocycles. The van der Waals surface area contributed by atoms with Crippen LogP contribution in [0, 0.1) is 5.92 Å². The van der Waals surface area contributed by atoms with Crippen LogP contribution < -0.4 is 10.2 Å². The molecule has 3 rings (SSSR count). The number of hydrogen-bond acceptors (Lipinski definition) is 5. The lowest BCUT2D eigenvalue weighted by Gasteiger charge is -2.34. The number of piperazine rings is 1. The Balaban J connectivity index is 1.89. The molecule has 0 aromatic carbocycles. The molecule has 5 nitrogen and oxygen atoms in total. The van der Waals surface area contributed by atoms with E-state index in [0.29, 0.717) is 18.0 Å². The van der Waals surface area contributed by atoms with Crippen LogP contribution in [0.4, 0.5) is 5.95 Å². The number of nitrogens with zero attached hydrogens (tertiary/aromatic N) is 3. The largest absolute Gasteiger partial charge is 0.337 e. The average molecular weight is 250 g/mol. The monoisotopic (exact) mass is 250 g/mol. The van der Waals surface area contributed by atoms with E-state index in [1.165, 1.54) is 6.42 Å². The molecule has 0 aliphatic carbocycles. The maximum atomic E-state index is 5.42. The number of anilines is 1. The van der Waals surface area contributed by atoms with Crippen molar-refractivity contribution in [3.63, 3.8) is 0 Å². The van der Waals surface area contributed by atoms with Gasteiger partial charge in [0.1, 0.15) is 0 Å². The van der Waals surface area contributed by atoms with Gasteiger partial charge in [0.2, 0.25) is 5.89 Å². The maximum absolute atomic E-state index is 5.42. The summed E-state index contributed by atoms with van der Waals surface area (Å²) in [6.07, 6.45) is 1.22. The first-order valence-corrected chi connectivity index (χ1v) is 6.80. The Bertz CT molecular complexity index is 436. The van der Waals surface area contributed by atoms with E-state index < -0.39 is 0 Å². The van der Waals surface area contributed by atoms with Crippen LogP contribution in [-0.4, -0.2) is 35.3 Å². The van der Waals surface area contributed by atoms with E-state index in [1.807, 2.05) is 0 Å². The van der Waals surface area contributed by atoms with E-state index >= 15 is 0 Å². The van der Waals surface area contributed by atoms with Crippen molar-refractivity contribution in [3.05, 3.63) is 5.89 Å². The molecule has 1 N–H and O–H groups in total. The third kappa shape index (κ3) is 1.81. The minimum absolute atomic E-state index is 0.0794. The summed E-state index contributed by atoms with van der Waals surface area (Å²) in [4.78, 5) is 6.96. The Hall–Kier alpha value is -1.10. The second-order valence-electron chi connectivity index (χ2n) is 6.65. The first kappa shape index (κ1) is 12.0. The molecule has 2 bridgehead atoms. The third-order valence-electron chi connectivity index (χ3n) is 4.07. The summed E-state index contributed by atoms with van der Waals surface area (Å²) in [7, 11) is 0. The van der Waals surface area contributed by atoms with Gasteiger partial charge in [-0.2, -0.15) is 4.98 Å². The Morgan fingerprint density at radius 1 is 1.33 bits per heavy atom. The summed E-state index contributed by atoms with van der Waals surface area (Å²) in [5.41, 5.74) is -0.0794. The van der Waals surface area contributed by atoms with Crippen LogP contribution in [0.3, 0.4) is 0 Å². The van der Waals surface area contributed by atoms with Gasteiger partial charge in [0.25, 0.3) is 5.95 Å². The smallest absolute Gasteiger partial charge is 0.266 e. The lowest BCUT2D eigenvalue weighted by Crippen LogP contribution is -2.53. The molecule has 0 spiro atoms. The van der Waals surface area contributed by atoms with Gasteiger partial charge in [-0.3, -0.25) is 0 Å². The van der Waals surface area contributed by atoms with Crippen LogP contribution in [0.2, 0.25) is 0 Å². The molecule has 1 aromatic heterocycles. The van der Waals surface area contributed by atoms with Gasteiger partial charge < -0.3 is 14.7 Å². The van der Waals surface area contributed by atoms with Crippen molar-refractivity contribution in [2.75, 3.05) is 18.0 Å². The van der Waals surface area contributed by atoms with Crippen molar-refractivity contribution in [1.82, 2.24) is 15.5 Å². The topological polar surface area (TPSA) is 54.2 Å². The van der Waals surface area contributed by atoms with E-state index in [2.05, 4.69) is 48.1 Å². The molecule has 0 saturated carbocycles. The normalized spacial score (nSPS) is 32.0. The number of hydrogen-bond donors (Lipinski definition) is 1. The van der Waals surface area contributed by atoms with Crippen LogP contribution in [0.1, 0.15) is 40.0 Å². The van der Waals surface area contributed by atoms with Crippen molar-refractivity contribution in [1.29, 1.82) is 0 Å². The second-order valence-corrected chi connectivity index (χ2v) is 6.65. The molecule has 5 heteroatoms. The summed E-state index contributed by atoms with van der Waals surface area (Å²) in [6.45, 7) is 10.7. The van der Waals surface area contributed by atoms with Gasteiger partial charge in [0, 0.05) is 30.6 Å². The number of aromatic nitrogens is 2. The van der Waals surface area contributed by atoms with Gasteiger partial charge >= 0.3 is 0 Å². The van der Waals surface area contributed by atoms with Gasteiger partial charge in [0.15, 0.2) is 0 Å². The predicted molar refractivity (Wildman–Crippen MR) is 69.7 cm³/mol. The number of nitrogens with one attached hydrogen (secondary N) is 1. The number of rotatable bonds is 1. The van der Waals surface area contributed by atoms with Crippen LogP contribution in [0.25, 0.3) is 0 Å². The molecule has 18 heavy (non-hydrogen) atoms. The molecule has 2 aliphatic rings. The van der Waals surface area contributed by atoms with Crippen LogP contribution in [0.5, 0.6) is 0 Å². The second kappa shape index (κ2) is 3.95. The standard InChI is InChI=1S/C13H22N4O/c1-8-5-9-6-14-7-10(8)17(9)12-15-11(18-16-12)13(2,3)4/h8-10,14H,5-7H2,1-4H3/t8-,9?,10?/m0/s1. The summed E-state index contributed by atoms with van der Waals surface area (Å²) in [6, 6.07) is 1.03. The Labute approximate surface area is 108 Å². The van der Waals surface area contributed by atoms with Gasteiger partial charge in [-0.25, -0.2) is 0 Å². The van der Waals surface area contributed by atoms with Gasteiger partial charge in [-0.1, -0.05) is 27.7 Å². The molecular weight excluding hydrogens is 228 g/mol. The molecule has 2 saturated heterocycles. The zero-order chi connectivity index (χ0) is 12.9. The average Bonchev–Trinajstić information content (AvgIpc) is 2.82. The molecule has 3 atom stereocenters. The quantitative estimate of drug-likeness (QED) is 0.819. The Morgan fingerprint density at radius 3 is 2.72 bits per heavy atom. The highest BCUT2D eigenvalue weighted by atomic mass is 16.5. The van der Waals surface area contributed by atoms with Crippen LogP contribution in [0.15, 0.2) is 4.52 Å². The predicted octanol–water partition coefficient (Wildman–Crippen LogP) is 1.55. The Kier molecular flexibility index (Phi) is 2.62. The fraction of sp³-hybridized carbons (Fsp3) is 0.846. The minimum atomic E-state index is -0.0794. The van der Waals surface area contributed by atoms with Crippen molar-refractivity contribution < 1.29 is 4.52 Å². The zero-order valence-corrected chi connectivity index (χ0v) is 11.6. The van der Waals surface area contributed by atoms with Gasteiger partial charge in [-0.05, 0) is 17.5 Å². The van der Waals surface area contributed by atoms with Gasteiger partial charge in [-0.15, -0.1) is 0 Å². The molecule has 0 amide bonds. The summed E-state index contributed by atoms with van der Waals surface area (Å²) in [5, 5.41) is 7.68. The summed E-state index contributed by atoms with van der Waals surface area (Å²) in [5.74, 6) is 2.20. The SMILES string of the molecule is C[C@H]1CC2CNCC1N2c1noc(C(C)(C)C)n1. The van der Waals surface area contributed by atoms with Crippen LogP contribution >= 0.6 is 0 Å². The molecular formula is C13H22N4O. The fourth-order valence-corrected chi connectivity index (χ4v) is 3.06. The lowest BCUT2D eigenvalue weighted by molar-refractivity contribution is 0.319. The van der Waals surface area contributed by atoms with Crippen molar-refractivity contribution in [3.8, 4) is 0 Å². The lowest BCUT2D eigenvalue weighted by atomic mass is 9.97. The third-order valence-corrected chi connectivity index (χ3v) is 4.07. The van der Waals surface area contributed by atoms with E-state index in [4.69, 9.17) is 4.52 Å². The molecule has 100 valence electrons. The first-order valence-electron chi connectivity index (χ1n) is 6.80. The summed E-state index contributed by atoms with van der Waals surface area (Å²) < 4.78 is 5.42. The summed E-state index contributed by atoms with van der Waals surface area (Å²) >= 11 is 0. The van der Waals surface area contributed by atoms with Gasteiger partial charge in [0.05, 0.1) is 0 Å². The molecule has 0 radical (unpaired) electrons. The van der Waals surface area contributed by atoms with Crippen molar-refractivity contribution in [2.45, 2.75) is 51.6 Å². The maximum Gasteiger partial charge on any atom is 0.266 e. The van der Waals surface area contributed by atoms with E-state index in [9.17, 15) is 0 Å². The minimum Gasteiger partial charge on any atom is -0.337 e. The van der Waals surface area contributed by atoms with Crippen molar-refractivity contribution in [2.24, 2.45) is 5.92 Å². The molecule has 2 unspecified atom stereocenters. The first-order chi connectivity index (χ1) is 8.47. The molecule has 1 aromatic rings. The Morgan fingerprint density at radius 2 is 2.11 bits per heavy atom. The number of fused-ring (bicyclic) bond motifs is 2. The fourth-order valence-electron chi connectivity index (χ4n) is 3.06. The van der Waals surface area contributed by atoms with Crippen LogP contribution in [-0.2, 0) is 5.41 Å². The molecule has 2 aliphatic heterocycles. The zero-order valence-electron chi connectivity index (χ0n) is 11.6. The highest BCUT2D eigenvalue weighted by molar-refractivity contribution is 5.37. The van der Waals surface area contributed by atoms with Crippen molar-refractivity contribution >= 4 is 5.95 Å². The molecule has 2 fully saturated rings. The highest BCUT2D eigenvalue weighted by Crippen LogP contribution is 2.35. The van der Waals surface area contributed by atoms with E-state index in [-0.39, 0.29) is 5.41 Å².